The number of hydrogen-bond acceptors (Lipinski definition) is 5. The number of carbonyl (C=O) groups excluding carboxylic acids is 2. The number of anilines is 1. The van der Waals surface area contributed by atoms with E-state index in [4.69, 9.17) is 0 Å². The predicted molar refractivity (Wildman–Crippen MR) is 128 cm³/mol. The quantitative estimate of drug-likeness (QED) is 0.453. The van der Waals surface area contributed by atoms with Crippen LogP contribution in [0.25, 0.3) is 11.2 Å². The normalized spacial score (nSPS) is 11.9. The Morgan fingerprint density at radius 2 is 1.65 bits per heavy atom. The number of nitrogens with zero attached hydrogens (tertiary/aromatic N) is 4. The molecule has 2 amide bonds. The summed E-state index contributed by atoms with van der Waals surface area (Å²) < 4.78 is 3.59. The third-order valence-corrected chi connectivity index (χ3v) is 5.62. The number of imidazole rings is 1. The van der Waals surface area contributed by atoms with Crippen molar-refractivity contribution in [3.8, 4) is 0 Å². The molecular formula is C24H24N6O4. The third-order valence-electron chi connectivity index (χ3n) is 5.62. The molecule has 0 bridgehead atoms. The Labute approximate surface area is 194 Å². The highest BCUT2D eigenvalue weighted by atomic mass is 16.2. The van der Waals surface area contributed by atoms with Crippen molar-refractivity contribution in [3.63, 3.8) is 0 Å². The molecule has 34 heavy (non-hydrogen) atoms. The Morgan fingerprint density at radius 1 is 0.971 bits per heavy atom. The molecule has 0 saturated heterocycles. The summed E-state index contributed by atoms with van der Waals surface area (Å²) in [7, 11) is 2.87. The molecule has 0 unspecified atom stereocenters. The fraction of sp³-hybridized carbons (Fsp3) is 0.208. The van der Waals surface area contributed by atoms with Crippen molar-refractivity contribution in [1.29, 1.82) is 0 Å². The second-order valence-corrected chi connectivity index (χ2v) is 7.95. The van der Waals surface area contributed by atoms with Gasteiger partial charge < -0.3 is 15.2 Å². The maximum atomic E-state index is 12.9. The van der Waals surface area contributed by atoms with Crippen LogP contribution in [0.3, 0.4) is 0 Å². The Balaban J connectivity index is 1.54. The van der Waals surface area contributed by atoms with E-state index in [1.54, 1.807) is 24.3 Å². The van der Waals surface area contributed by atoms with Gasteiger partial charge in [0, 0.05) is 14.1 Å². The first-order valence-corrected chi connectivity index (χ1v) is 10.6. The van der Waals surface area contributed by atoms with Crippen molar-refractivity contribution < 1.29 is 9.59 Å². The summed E-state index contributed by atoms with van der Waals surface area (Å²) in [6.07, 6.45) is 1.34. The van der Waals surface area contributed by atoms with Crippen LogP contribution in [0.1, 0.15) is 28.9 Å². The Bertz CT molecular complexity index is 1500. The summed E-state index contributed by atoms with van der Waals surface area (Å²) in [4.78, 5) is 54.6. The first-order chi connectivity index (χ1) is 16.3. The average Bonchev–Trinajstić information content (AvgIpc) is 3.25. The summed E-state index contributed by atoms with van der Waals surface area (Å²) in [5.41, 5.74) is 0.899. The van der Waals surface area contributed by atoms with Crippen LogP contribution in [-0.4, -0.2) is 30.5 Å². The number of fused-ring (bicyclic) bond motifs is 1. The summed E-state index contributed by atoms with van der Waals surface area (Å²) in [6.45, 7) is 1.66. The maximum absolute atomic E-state index is 12.9. The lowest BCUT2D eigenvalue weighted by Gasteiger charge is -2.16. The third kappa shape index (κ3) is 4.25. The van der Waals surface area contributed by atoms with Gasteiger partial charge in [0.2, 0.25) is 5.91 Å². The van der Waals surface area contributed by atoms with E-state index in [0.29, 0.717) is 11.3 Å². The summed E-state index contributed by atoms with van der Waals surface area (Å²) in [5, 5.41) is 5.68. The van der Waals surface area contributed by atoms with Crippen LogP contribution in [0.5, 0.6) is 0 Å². The lowest BCUT2D eigenvalue weighted by molar-refractivity contribution is -0.116. The van der Waals surface area contributed by atoms with Crippen LogP contribution < -0.4 is 21.9 Å². The van der Waals surface area contributed by atoms with Gasteiger partial charge in [-0.15, -0.1) is 0 Å². The largest absolute Gasteiger partial charge is 0.345 e. The Morgan fingerprint density at radius 3 is 2.38 bits per heavy atom. The van der Waals surface area contributed by atoms with Crippen LogP contribution in [0.15, 0.2) is 70.5 Å². The molecule has 1 atom stereocenters. The molecule has 2 heterocycles. The van der Waals surface area contributed by atoms with Crippen LogP contribution in [0.4, 0.5) is 5.69 Å². The highest BCUT2D eigenvalue weighted by Gasteiger charge is 2.18. The molecule has 4 rings (SSSR count). The SMILES string of the molecule is C[C@@H](NC(=O)c1ccccc1NC(=O)Cn1cnc2c1c(=O)n(C)c(=O)n2C)c1ccccc1. The van der Waals surface area contributed by atoms with E-state index in [2.05, 4.69) is 15.6 Å². The number of rotatable bonds is 6. The molecule has 2 N–H and O–H groups in total. The number of benzene rings is 2. The molecule has 0 saturated carbocycles. The van der Waals surface area contributed by atoms with E-state index in [-0.39, 0.29) is 29.7 Å². The molecule has 0 aliphatic rings. The van der Waals surface area contributed by atoms with Crippen LogP contribution in [-0.2, 0) is 25.4 Å². The van der Waals surface area contributed by atoms with Gasteiger partial charge in [-0.05, 0) is 24.6 Å². The molecule has 2 aromatic heterocycles. The van der Waals surface area contributed by atoms with E-state index in [9.17, 15) is 19.2 Å². The van der Waals surface area contributed by atoms with E-state index in [1.165, 1.54) is 29.6 Å². The monoisotopic (exact) mass is 460 g/mol. The molecule has 10 heteroatoms. The van der Waals surface area contributed by atoms with Crippen LogP contribution in [0.2, 0.25) is 0 Å². The maximum Gasteiger partial charge on any atom is 0.332 e. The van der Waals surface area contributed by atoms with E-state index in [1.807, 2.05) is 37.3 Å². The zero-order valence-electron chi connectivity index (χ0n) is 19.0. The van der Waals surface area contributed by atoms with Crippen LogP contribution in [0, 0.1) is 0 Å². The van der Waals surface area contributed by atoms with Gasteiger partial charge in [0.1, 0.15) is 6.54 Å². The second-order valence-electron chi connectivity index (χ2n) is 7.95. The lowest BCUT2D eigenvalue weighted by Crippen LogP contribution is -2.37. The molecule has 174 valence electrons. The van der Waals surface area contributed by atoms with Gasteiger partial charge in [-0.3, -0.25) is 23.5 Å². The van der Waals surface area contributed by atoms with Crippen molar-refractivity contribution in [2.75, 3.05) is 5.32 Å². The summed E-state index contributed by atoms with van der Waals surface area (Å²) in [5.74, 6) is -0.782. The molecule has 4 aromatic rings. The van der Waals surface area contributed by atoms with Gasteiger partial charge in [-0.2, -0.15) is 0 Å². The van der Waals surface area contributed by atoms with Gasteiger partial charge in [0.15, 0.2) is 11.2 Å². The van der Waals surface area contributed by atoms with Gasteiger partial charge in [0.25, 0.3) is 11.5 Å². The lowest BCUT2D eigenvalue weighted by atomic mass is 10.1. The molecule has 0 aliphatic heterocycles. The fourth-order valence-electron chi connectivity index (χ4n) is 3.75. The van der Waals surface area contributed by atoms with Gasteiger partial charge >= 0.3 is 5.69 Å². The Kier molecular flexibility index (Phi) is 6.13. The molecule has 2 aromatic carbocycles. The zero-order chi connectivity index (χ0) is 24.4. The van der Waals surface area contributed by atoms with Gasteiger partial charge in [-0.25, -0.2) is 9.78 Å². The van der Waals surface area contributed by atoms with Crippen LogP contribution >= 0.6 is 0 Å². The smallest absolute Gasteiger partial charge is 0.332 e. The van der Waals surface area contributed by atoms with Crippen molar-refractivity contribution in [2.24, 2.45) is 14.1 Å². The zero-order valence-corrected chi connectivity index (χ0v) is 19.0. The molecule has 0 radical (unpaired) electrons. The first kappa shape index (κ1) is 22.7. The van der Waals surface area contributed by atoms with E-state index in [0.717, 1.165) is 10.1 Å². The number of hydrogen-bond donors (Lipinski definition) is 2. The van der Waals surface area contributed by atoms with Crippen molar-refractivity contribution in [1.82, 2.24) is 24.0 Å². The van der Waals surface area contributed by atoms with E-state index >= 15 is 0 Å². The number of amides is 2. The average molecular weight is 460 g/mol. The molecule has 0 spiro atoms. The minimum absolute atomic E-state index is 0.141. The number of para-hydroxylation sites is 1. The standard InChI is InChI=1S/C24H24N6O4/c1-15(16-9-5-4-6-10-16)26-22(32)17-11-7-8-12-18(17)27-19(31)13-30-14-25-21-20(30)23(33)29(3)24(34)28(21)2/h4-12,14-15H,13H2,1-3H3,(H,26,32)(H,27,31)/t15-/m1/s1. The second kappa shape index (κ2) is 9.18. The number of carbonyl (C=O) groups is 2. The van der Waals surface area contributed by atoms with Crippen molar-refractivity contribution in [2.45, 2.75) is 19.5 Å². The van der Waals surface area contributed by atoms with E-state index < -0.39 is 17.2 Å². The van der Waals surface area contributed by atoms with Crippen molar-refractivity contribution in [3.05, 3.63) is 92.9 Å². The number of aryl methyl sites for hydroxylation is 1. The van der Waals surface area contributed by atoms with Gasteiger partial charge in [-0.1, -0.05) is 42.5 Å². The summed E-state index contributed by atoms with van der Waals surface area (Å²) in [6, 6.07) is 16.0. The minimum atomic E-state index is -0.543. The molecular weight excluding hydrogens is 436 g/mol. The highest BCUT2D eigenvalue weighted by Crippen LogP contribution is 2.18. The Hall–Kier alpha value is -4.47. The summed E-state index contributed by atoms with van der Waals surface area (Å²) >= 11 is 0. The highest BCUT2D eigenvalue weighted by molar-refractivity contribution is 6.04. The topological polar surface area (TPSA) is 120 Å². The number of aromatic nitrogens is 4. The fourth-order valence-corrected chi connectivity index (χ4v) is 3.75. The molecule has 0 aliphatic carbocycles. The first-order valence-electron chi connectivity index (χ1n) is 10.6. The predicted octanol–water partition coefficient (Wildman–Crippen LogP) is 1.56. The number of nitrogens with one attached hydrogen (secondary N) is 2. The van der Waals surface area contributed by atoms with Crippen molar-refractivity contribution >= 4 is 28.7 Å². The van der Waals surface area contributed by atoms with Gasteiger partial charge in [0.05, 0.1) is 23.6 Å². The molecule has 10 nitrogen and oxygen atoms in total. The molecule has 0 fully saturated rings. The minimum Gasteiger partial charge on any atom is -0.345 e.